The molecule has 2 N–H and O–H groups in total. The third-order valence-corrected chi connectivity index (χ3v) is 3.52. The molecule has 0 saturated heterocycles. The number of rotatable bonds is 8. The highest BCUT2D eigenvalue weighted by molar-refractivity contribution is 14.0. The molecule has 7 nitrogen and oxygen atoms in total. The van der Waals surface area contributed by atoms with Gasteiger partial charge in [-0.15, -0.1) is 24.0 Å². The lowest BCUT2D eigenvalue weighted by molar-refractivity contribution is 0.0599. The van der Waals surface area contributed by atoms with Gasteiger partial charge in [-0.2, -0.15) is 0 Å². The first-order valence-electron chi connectivity index (χ1n) is 8.51. The van der Waals surface area contributed by atoms with Gasteiger partial charge in [0.05, 0.1) is 13.7 Å². The molecule has 2 rings (SSSR count). The minimum absolute atomic E-state index is 0. The fourth-order valence-electron chi connectivity index (χ4n) is 2.29. The molecule has 0 aliphatic carbocycles. The van der Waals surface area contributed by atoms with Gasteiger partial charge in [0.25, 0.3) is 0 Å². The monoisotopic (exact) mass is 487 g/mol. The van der Waals surface area contributed by atoms with E-state index in [0.717, 1.165) is 12.3 Å². The van der Waals surface area contributed by atoms with E-state index in [2.05, 4.69) is 15.6 Å². The van der Waals surface area contributed by atoms with Gasteiger partial charge in [-0.05, 0) is 32.0 Å². The molecule has 1 aromatic heterocycles. The summed E-state index contributed by atoms with van der Waals surface area (Å²) in [5, 5.41) is 6.35. The summed E-state index contributed by atoms with van der Waals surface area (Å²) >= 11 is 0. The van der Waals surface area contributed by atoms with Crippen molar-refractivity contribution in [1.29, 1.82) is 0 Å². The highest BCUT2D eigenvalue weighted by atomic mass is 127. The second-order valence-corrected chi connectivity index (χ2v) is 5.46. The Balaban J connectivity index is 0.00000364. The van der Waals surface area contributed by atoms with Crippen LogP contribution in [0.1, 0.15) is 28.8 Å². The van der Waals surface area contributed by atoms with Crippen LogP contribution in [0.5, 0.6) is 5.75 Å². The number of halogens is 1. The summed E-state index contributed by atoms with van der Waals surface area (Å²) in [6, 6.07) is 11.3. The lowest BCUT2D eigenvalue weighted by atomic mass is 10.2. The smallest absolute Gasteiger partial charge is 0.341 e. The molecule has 0 atom stereocenters. The van der Waals surface area contributed by atoms with E-state index in [-0.39, 0.29) is 24.0 Å². The molecule has 0 radical (unpaired) electrons. The minimum Gasteiger partial charge on any atom is -0.492 e. The molecule has 0 fully saturated rings. The normalized spacial score (nSPS) is 10.7. The van der Waals surface area contributed by atoms with E-state index in [4.69, 9.17) is 13.9 Å². The number of ether oxygens (including phenoxy) is 2. The molecule has 0 unspecified atom stereocenters. The first-order chi connectivity index (χ1) is 12.6. The Morgan fingerprint density at radius 1 is 1.22 bits per heavy atom. The van der Waals surface area contributed by atoms with E-state index in [1.54, 1.807) is 13.0 Å². The van der Waals surface area contributed by atoms with Crippen molar-refractivity contribution in [3.8, 4) is 5.75 Å². The first kappa shape index (κ1) is 22.8. The Hall–Kier alpha value is -2.23. The summed E-state index contributed by atoms with van der Waals surface area (Å²) in [5.41, 5.74) is 0.423. The number of benzene rings is 1. The topological polar surface area (TPSA) is 85.1 Å². The maximum Gasteiger partial charge on any atom is 0.341 e. The van der Waals surface area contributed by atoms with Crippen molar-refractivity contribution >= 4 is 35.9 Å². The third kappa shape index (κ3) is 7.49. The number of carbonyl (C=O) groups excluding carboxylic acids is 1. The largest absolute Gasteiger partial charge is 0.492 e. The molecule has 1 heterocycles. The van der Waals surface area contributed by atoms with Gasteiger partial charge in [0.2, 0.25) is 0 Å². The minimum atomic E-state index is -0.412. The quantitative estimate of drug-likeness (QED) is 0.196. The number of methoxy groups -OCH3 is 1. The Labute approximate surface area is 176 Å². The molecular formula is C19H26IN3O4. The van der Waals surface area contributed by atoms with E-state index in [1.807, 2.05) is 37.3 Å². The predicted octanol–water partition coefficient (Wildman–Crippen LogP) is 3.13. The van der Waals surface area contributed by atoms with Crippen LogP contribution in [0.15, 0.2) is 45.8 Å². The second kappa shape index (κ2) is 12.2. The van der Waals surface area contributed by atoms with Crippen molar-refractivity contribution < 1.29 is 18.7 Å². The maximum atomic E-state index is 11.6. The van der Waals surface area contributed by atoms with E-state index in [9.17, 15) is 4.79 Å². The Kier molecular flexibility index (Phi) is 10.3. The van der Waals surface area contributed by atoms with Crippen molar-refractivity contribution in [2.75, 3.05) is 26.8 Å². The highest BCUT2D eigenvalue weighted by Gasteiger charge is 2.15. The van der Waals surface area contributed by atoms with Crippen molar-refractivity contribution in [2.45, 2.75) is 20.4 Å². The van der Waals surface area contributed by atoms with Gasteiger partial charge >= 0.3 is 5.97 Å². The van der Waals surface area contributed by atoms with Crippen molar-refractivity contribution in [3.05, 3.63) is 53.5 Å². The van der Waals surface area contributed by atoms with E-state index in [0.29, 0.717) is 42.7 Å². The molecule has 27 heavy (non-hydrogen) atoms. The lowest BCUT2D eigenvalue weighted by Gasteiger charge is -2.11. The van der Waals surface area contributed by atoms with Crippen molar-refractivity contribution in [3.63, 3.8) is 0 Å². The average Bonchev–Trinajstić information content (AvgIpc) is 3.04. The van der Waals surface area contributed by atoms with Crippen LogP contribution in [0.4, 0.5) is 0 Å². The Morgan fingerprint density at radius 2 is 1.96 bits per heavy atom. The van der Waals surface area contributed by atoms with Gasteiger partial charge in [0.1, 0.15) is 36.0 Å². The number of nitrogens with one attached hydrogen (secondary N) is 2. The van der Waals surface area contributed by atoms with E-state index < -0.39 is 5.97 Å². The molecule has 0 aliphatic rings. The number of esters is 1. The van der Waals surface area contributed by atoms with Crippen LogP contribution >= 0.6 is 24.0 Å². The molecule has 0 amide bonds. The summed E-state index contributed by atoms with van der Waals surface area (Å²) in [6.45, 7) is 5.88. The average molecular weight is 487 g/mol. The summed E-state index contributed by atoms with van der Waals surface area (Å²) in [6.07, 6.45) is 0. The predicted molar refractivity (Wildman–Crippen MR) is 115 cm³/mol. The zero-order valence-corrected chi connectivity index (χ0v) is 18.1. The van der Waals surface area contributed by atoms with Gasteiger partial charge in [0, 0.05) is 6.54 Å². The molecule has 2 aromatic rings. The molecule has 8 heteroatoms. The summed E-state index contributed by atoms with van der Waals surface area (Å²) < 4.78 is 15.9. The molecule has 0 spiro atoms. The molecule has 0 saturated carbocycles. The van der Waals surface area contributed by atoms with Crippen LogP contribution in [0.25, 0.3) is 0 Å². The van der Waals surface area contributed by atoms with Crippen LogP contribution in [0.3, 0.4) is 0 Å². The number of para-hydroxylation sites is 1. The highest BCUT2D eigenvalue weighted by Crippen LogP contribution is 2.16. The molecule has 148 valence electrons. The van der Waals surface area contributed by atoms with Crippen LogP contribution in [-0.4, -0.2) is 38.7 Å². The van der Waals surface area contributed by atoms with Crippen LogP contribution in [0, 0.1) is 6.92 Å². The van der Waals surface area contributed by atoms with Crippen molar-refractivity contribution in [2.24, 2.45) is 4.99 Å². The van der Waals surface area contributed by atoms with Gasteiger partial charge < -0.3 is 24.5 Å². The standard InChI is InChI=1S/C19H25N3O4.HI/c1-4-20-19(21-10-11-25-15-8-6-5-7-9-15)22-13-16-12-17(14(2)26-16)18(23)24-3;/h5-9,12H,4,10-11,13H2,1-3H3,(H2,20,21,22);1H. The van der Waals surface area contributed by atoms with Gasteiger partial charge in [0.15, 0.2) is 5.96 Å². The van der Waals surface area contributed by atoms with Crippen LogP contribution in [0.2, 0.25) is 0 Å². The first-order valence-corrected chi connectivity index (χ1v) is 8.51. The van der Waals surface area contributed by atoms with Crippen LogP contribution in [-0.2, 0) is 11.3 Å². The fraction of sp³-hybridized carbons (Fsp3) is 0.368. The summed E-state index contributed by atoms with van der Waals surface area (Å²) in [7, 11) is 1.34. The zero-order valence-electron chi connectivity index (χ0n) is 15.8. The number of furan rings is 1. The van der Waals surface area contributed by atoms with Gasteiger partial charge in [-0.25, -0.2) is 9.79 Å². The third-order valence-electron chi connectivity index (χ3n) is 3.52. The number of aliphatic imine (C=N–C) groups is 1. The van der Waals surface area contributed by atoms with Gasteiger partial charge in [-0.1, -0.05) is 18.2 Å². The number of aryl methyl sites for hydroxylation is 1. The maximum absolute atomic E-state index is 11.6. The Bertz CT molecular complexity index is 732. The SMILES string of the molecule is CCNC(=NCc1cc(C(=O)OC)c(C)o1)NCCOc1ccccc1.I. The summed E-state index contributed by atoms with van der Waals surface area (Å²) in [4.78, 5) is 16.1. The van der Waals surface area contributed by atoms with Crippen LogP contribution < -0.4 is 15.4 Å². The van der Waals surface area contributed by atoms with E-state index >= 15 is 0 Å². The van der Waals surface area contributed by atoms with Crippen molar-refractivity contribution in [1.82, 2.24) is 10.6 Å². The lowest BCUT2D eigenvalue weighted by Crippen LogP contribution is -2.39. The number of hydrogen-bond donors (Lipinski definition) is 2. The zero-order chi connectivity index (χ0) is 18.8. The fourth-order valence-corrected chi connectivity index (χ4v) is 2.29. The molecule has 0 bridgehead atoms. The van der Waals surface area contributed by atoms with E-state index in [1.165, 1.54) is 7.11 Å². The number of hydrogen-bond acceptors (Lipinski definition) is 5. The number of carbonyl (C=O) groups is 1. The summed E-state index contributed by atoms with van der Waals surface area (Å²) in [5.74, 6) is 2.19. The van der Waals surface area contributed by atoms with Gasteiger partial charge in [-0.3, -0.25) is 0 Å². The number of nitrogens with zero attached hydrogens (tertiary/aromatic N) is 1. The second-order valence-electron chi connectivity index (χ2n) is 5.46. The molecule has 0 aliphatic heterocycles. The molecule has 1 aromatic carbocycles. The molecular weight excluding hydrogens is 461 g/mol. The Morgan fingerprint density at radius 3 is 2.63 bits per heavy atom. The number of guanidine groups is 1.